The van der Waals surface area contributed by atoms with Crippen LogP contribution in [0.4, 0.5) is 0 Å². The third-order valence-electron chi connectivity index (χ3n) is 3.16. The van der Waals surface area contributed by atoms with Gasteiger partial charge in [0, 0.05) is 2.74 Å². The number of phenols is 1. The van der Waals surface area contributed by atoms with Crippen molar-refractivity contribution >= 4 is 11.6 Å². The maximum atomic E-state index is 8.99. The van der Waals surface area contributed by atoms with E-state index in [1.165, 1.54) is 0 Å². The van der Waals surface area contributed by atoms with E-state index in [-0.39, 0.29) is 13.2 Å². The Morgan fingerprint density at radius 1 is 1.00 bits per heavy atom. The number of benzene rings is 2. The number of hydrogen-bond acceptors (Lipinski definition) is 4. The van der Waals surface area contributed by atoms with Crippen LogP contribution in [0.5, 0.6) is 11.5 Å². The molecule has 4 nitrogen and oxygen atoms in total. The van der Waals surface area contributed by atoms with Crippen molar-refractivity contribution in [2.75, 3.05) is 25.5 Å². The van der Waals surface area contributed by atoms with Gasteiger partial charge >= 0.3 is 0 Å². The van der Waals surface area contributed by atoms with Gasteiger partial charge in [-0.25, -0.2) is 0 Å². The Kier molecular flexibility index (Phi) is 5.44. The van der Waals surface area contributed by atoms with Crippen molar-refractivity contribution in [2.45, 2.75) is 47.3 Å². The normalized spacial score (nSPS) is 33.6. The first-order chi connectivity index (χ1) is 16.5. The highest BCUT2D eigenvalue weighted by atomic mass is 35.5. The minimum atomic E-state index is -2.56. The molecular formula is C23H33ClO4. The molecule has 0 spiro atoms. The van der Waals surface area contributed by atoms with E-state index < -0.39 is 37.7 Å². The zero-order valence-corrected chi connectivity index (χ0v) is 16.3. The molecule has 0 aliphatic carbocycles. The summed E-state index contributed by atoms with van der Waals surface area (Å²) in [5.74, 6) is -1.86. The smallest absolute Gasteiger partial charge is 0.119 e. The summed E-state index contributed by atoms with van der Waals surface area (Å²) in [5.41, 5.74) is 4.01. The Morgan fingerprint density at radius 2 is 1.43 bits per heavy atom. The molecule has 0 aromatic heterocycles. The van der Waals surface area contributed by atoms with Gasteiger partial charge in [-0.1, -0.05) is 19.6 Å². The second kappa shape index (κ2) is 11.9. The fraction of sp³-hybridized carbons (Fsp3) is 0.478. The topological polar surface area (TPSA) is 54.5 Å². The Labute approximate surface area is 188 Å². The second-order valence-corrected chi connectivity index (χ2v) is 6.22. The van der Waals surface area contributed by atoms with Crippen LogP contribution in [0.3, 0.4) is 0 Å². The Hall–Kier alpha value is -1.75. The molecule has 2 aromatic carbocycles. The molecule has 4 rings (SSSR count). The van der Waals surface area contributed by atoms with E-state index in [1.807, 2.05) is 39.8 Å². The average molecular weight is 419 g/mol. The van der Waals surface area contributed by atoms with Crippen molar-refractivity contribution in [2.24, 2.45) is 0 Å². The lowest BCUT2D eigenvalue weighted by atomic mass is 10.1. The molecule has 0 bridgehead atoms. The number of alkyl halides is 1. The van der Waals surface area contributed by atoms with Gasteiger partial charge in [0.2, 0.25) is 0 Å². The molecule has 2 unspecified atom stereocenters. The summed E-state index contributed by atoms with van der Waals surface area (Å²) < 4.78 is 85.3. The van der Waals surface area contributed by atoms with Crippen LogP contribution in [0.25, 0.3) is 0 Å². The first-order valence-electron chi connectivity index (χ1n) is 13.1. The van der Waals surface area contributed by atoms with Gasteiger partial charge in [0.15, 0.2) is 0 Å². The average Bonchev–Trinajstić information content (AvgIpc) is 3.40. The quantitative estimate of drug-likeness (QED) is 0.537. The number of epoxide rings is 2. The number of phenolic OH excluding ortho intramolecular Hbond substituents is 1. The monoisotopic (exact) mass is 418 g/mol. The van der Waals surface area contributed by atoms with Gasteiger partial charge in [-0.3, -0.25) is 0 Å². The van der Waals surface area contributed by atoms with Crippen LogP contribution in [0.15, 0.2) is 36.4 Å². The van der Waals surface area contributed by atoms with Crippen LogP contribution in [0.1, 0.15) is 43.4 Å². The van der Waals surface area contributed by atoms with Gasteiger partial charge in [-0.15, -0.1) is 11.6 Å². The lowest BCUT2D eigenvalue weighted by Gasteiger charge is -2.06. The number of ether oxygens (including phenoxy) is 3. The molecule has 156 valence electrons. The van der Waals surface area contributed by atoms with Crippen LogP contribution in [-0.2, 0) is 9.47 Å². The molecule has 1 N–H and O–H groups in total. The molecule has 2 heterocycles. The standard InChI is InChI=1S/C11H14O2.C8H10O.C3H5ClO.CH4/c1-8-3-9(2)5-10(4-8)12-6-11-7-13-11;1-6-3-7(2)5-8(9)4-6;4-1-3-2-5-3;/h3-5,11H,6-7H2,1-2H3;3-5,9H,1-2H3;3H,1-2H2;1H4/i6D2,7D2,11D;;1D2,2D2,3D;. The minimum absolute atomic E-state index is 0. The maximum absolute atomic E-state index is 8.99. The number of halogens is 1. The molecular weight excluding hydrogens is 376 g/mol. The third-order valence-corrected chi connectivity index (χ3v) is 3.33. The predicted molar refractivity (Wildman–Crippen MR) is 116 cm³/mol. The lowest BCUT2D eigenvalue weighted by Crippen LogP contribution is -2.04. The maximum Gasteiger partial charge on any atom is 0.119 e. The van der Waals surface area contributed by atoms with Crippen LogP contribution in [0.2, 0.25) is 0 Å². The fourth-order valence-electron chi connectivity index (χ4n) is 2.18. The van der Waals surface area contributed by atoms with Gasteiger partial charge in [-0.05, 0) is 74.2 Å². The van der Waals surface area contributed by atoms with E-state index >= 15 is 0 Å². The van der Waals surface area contributed by atoms with Crippen molar-refractivity contribution in [3.05, 3.63) is 58.7 Å². The first-order valence-corrected chi connectivity index (χ1v) is 8.48. The molecule has 0 saturated carbocycles. The molecule has 2 saturated heterocycles. The zero-order chi connectivity index (χ0) is 28.8. The summed E-state index contributed by atoms with van der Waals surface area (Å²) in [6, 6.07) is 10.7. The number of aryl methyl sites for hydroxylation is 4. The highest BCUT2D eigenvalue weighted by molar-refractivity contribution is 6.18. The second-order valence-electron chi connectivity index (χ2n) is 6.03. The SMILES string of the molecule is C.Cc1cc(C)cc(O)c1.[2H]C([2H])(Cl)C1([2H])OC1([2H])[2H].[2H]C([2H])(Oc1cc(C)cc(C)c1)C1([2H])OC1([2H])[2H]. The van der Waals surface area contributed by atoms with E-state index in [4.69, 9.17) is 35.2 Å². The fourth-order valence-corrected chi connectivity index (χ4v) is 2.26. The Morgan fingerprint density at radius 3 is 1.75 bits per heavy atom. The van der Waals surface area contributed by atoms with Crippen molar-refractivity contribution in [3.63, 3.8) is 0 Å². The molecule has 2 aliphatic heterocycles. The van der Waals surface area contributed by atoms with E-state index in [1.54, 1.807) is 24.3 Å². The molecule has 2 aromatic rings. The summed E-state index contributed by atoms with van der Waals surface area (Å²) in [6.07, 6.45) is -4.56. The van der Waals surface area contributed by atoms with Gasteiger partial charge in [0.05, 0.1) is 36.0 Å². The van der Waals surface area contributed by atoms with Crippen molar-refractivity contribution in [1.29, 1.82) is 0 Å². The summed E-state index contributed by atoms with van der Waals surface area (Å²) in [7, 11) is 0. The molecule has 0 radical (unpaired) electrons. The molecule has 2 atom stereocenters. The van der Waals surface area contributed by atoms with Crippen molar-refractivity contribution in [3.8, 4) is 11.5 Å². The van der Waals surface area contributed by atoms with E-state index in [9.17, 15) is 0 Å². The van der Waals surface area contributed by atoms with Crippen molar-refractivity contribution in [1.82, 2.24) is 0 Å². The highest BCUT2D eigenvalue weighted by Crippen LogP contribution is 2.18. The van der Waals surface area contributed by atoms with Gasteiger partial charge in [0.1, 0.15) is 24.1 Å². The summed E-state index contributed by atoms with van der Waals surface area (Å²) in [4.78, 5) is 0. The number of aromatic hydroxyl groups is 1. The van der Waals surface area contributed by atoms with Crippen LogP contribution >= 0.6 is 11.6 Å². The Balaban J connectivity index is 0.000000307. The molecule has 2 aliphatic rings. The zero-order valence-electron chi connectivity index (χ0n) is 25.5. The predicted octanol–water partition coefficient (Wildman–Crippen LogP) is 5.35. The van der Waals surface area contributed by atoms with Gasteiger partial charge < -0.3 is 19.3 Å². The van der Waals surface area contributed by atoms with Crippen LogP contribution < -0.4 is 4.74 Å². The summed E-state index contributed by atoms with van der Waals surface area (Å²) in [6.45, 7) is 0.487. The largest absolute Gasteiger partial charge is 0.508 e. The molecule has 2 fully saturated rings. The first kappa shape index (κ1) is 12.7. The highest BCUT2D eigenvalue weighted by Gasteiger charge is 2.23. The van der Waals surface area contributed by atoms with Crippen molar-refractivity contribution < 1.29 is 33.0 Å². The van der Waals surface area contributed by atoms with E-state index in [0.717, 1.165) is 22.3 Å². The molecule has 5 heteroatoms. The van der Waals surface area contributed by atoms with E-state index in [2.05, 4.69) is 9.47 Å². The summed E-state index contributed by atoms with van der Waals surface area (Å²) in [5, 5.41) is 8.99. The lowest BCUT2D eigenvalue weighted by molar-refractivity contribution is 0.263. The Bertz CT molecular complexity index is 1070. The van der Waals surface area contributed by atoms with E-state index in [0.29, 0.717) is 5.75 Å². The van der Waals surface area contributed by atoms with Gasteiger partial charge in [-0.2, -0.15) is 0 Å². The van der Waals surface area contributed by atoms with Gasteiger partial charge in [0.25, 0.3) is 0 Å². The third kappa shape index (κ3) is 10.5. The van der Waals surface area contributed by atoms with Crippen LogP contribution in [0, 0.1) is 27.7 Å². The molecule has 0 amide bonds. The van der Waals surface area contributed by atoms with Crippen LogP contribution in [-0.4, -0.2) is 42.8 Å². The molecule has 28 heavy (non-hydrogen) atoms. The summed E-state index contributed by atoms with van der Waals surface area (Å²) >= 11 is 5.04. The number of hydrogen-bond donors (Lipinski definition) is 1. The minimum Gasteiger partial charge on any atom is -0.508 e. The number of rotatable bonds is 4.